The minimum atomic E-state index is 0. The Bertz CT molecular complexity index is 692. The fourth-order valence-corrected chi connectivity index (χ4v) is 3.32. The highest BCUT2D eigenvalue weighted by molar-refractivity contribution is 14.0. The van der Waals surface area contributed by atoms with Gasteiger partial charge in [-0.2, -0.15) is 0 Å². The summed E-state index contributed by atoms with van der Waals surface area (Å²) in [5, 5.41) is 9.18. The second-order valence-corrected chi connectivity index (χ2v) is 6.50. The molecular weight excluding hydrogens is 437 g/mol. The van der Waals surface area contributed by atoms with Gasteiger partial charge in [0.15, 0.2) is 5.96 Å². The van der Waals surface area contributed by atoms with Gasteiger partial charge in [-0.15, -0.1) is 24.0 Å². The number of benzene rings is 1. The van der Waals surface area contributed by atoms with Gasteiger partial charge in [-0.25, -0.2) is 4.99 Å². The zero-order valence-electron chi connectivity index (χ0n) is 15.6. The van der Waals surface area contributed by atoms with Crippen LogP contribution >= 0.6 is 24.0 Å². The van der Waals surface area contributed by atoms with E-state index in [9.17, 15) is 0 Å². The molecule has 142 valence electrons. The monoisotopic (exact) mass is 467 g/mol. The average molecular weight is 467 g/mol. The topological polar surface area (TPSA) is 52.6 Å². The molecule has 0 aliphatic carbocycles. The molecule has 0 unspecified atom stereocenters. The molecule has 2 aromatic rings. The highest BCUT2D eigenvalue weighted by atomic mass is 127. The third kappa shape index (κ3) is 6.09. The number of halogens is 1. The van der Waals surface area contributed by atoms with Gasteiger partial charge in [-0.05, 0) is 44.3 Å². The van der Waals surface area contributed by atoms with Gasteiger partial charge in [0.1, 0.15) is 0 Å². The molecular formula is C20H30IN5. The lowest BCUT2D eigenvalue weighted by Crippen LogP contribution is -2.42. The largest absolute Gasteiger partial charge is 0.357 e. The van der Waals surface area contributed by atoms with Gasteiger partial charge in [0, 0.05) is 31.2 Å². The molecule has 6 heteroatoms. The van der Waals surface area contributed by atoms with Gasteiger partial charge in [0.2, 0.25) is 0 Å². The first-order valence-corrected chi connectivity index (χ1v) is 9.44. The number of rotatable bonds is 6. The van der Waals surface area contributed by atoms with Crippen molar-refractivity contribution >= 4 is 40.7 Å². The summed E-state index contributed by atoms with van der Waals surface area (Å²) in [4.78, 5) is 11.8. The highest BCUT2D eigenvalue weighted by Gasteiger charge is 2.09. The Morgan fingerprint density at radius 2 is 1.92 bits per heavy atom. The van der Waals surface area contributed by atoms with Crippen molar-refractivity contribution < 1.29 is 0 Å². The Morgan fingerprint density at radius 3 is 2.73 bits per heavy atom. The van der Waals surface area contributed by atoms with Gasteiger partial charge in [-0.3, -0.25) is 4.98 Å². The number of fused-ring (bicyclic) bond motifs is 1. The van der Waals surface area contributed by atoms with Gasteiger partial charge in [0.25, 0.3) is 0 Å². The summed E-state index contributed by atoms with van der Waals surface area (Å²) in [5.41, 5.74) is 1.02. The van der Waals surface area contributed by atoms with E-state index in [4.69, 9.17) is 4.99 Å². The molecule has 1 saturated heterocycles. The molecule has 5 nitrogen and oxygen atoms in total. The van der Waals surface area contributed by atoms with Gasteiger partial charge in [-0.1, -0.05) is 30.7 Å². The third-order valence-electron chi connectivity index (χ3n) is 4.66. The van der Waals surface area contributed by atoms with Crippen LogP contribution in [-0.2, 0) is 6.54 Å². The van der Waals surface area contributed by atoms with Crippen molar-refractivity contribution in [1.29, 1.82) is 0 Å². The van der Waals surface area contributed by atoms with Crippen molar-refractivity contribution in [1.82, 2.24) is 20.5 Å². The molecule has 0 spiro atoms. The number of guanidine groups is 1. The molecule has 1 aromatic carbocycles. The molecule has 2 N–H and O–H groups in total. The Hall–Kier alpha value is -1.41. The molecule has 3 rings (SSSR count). The van der Waals surface area contributed by atoms with Crippen LogP contribution < -0.4 is 10.6 Å². The molecule has 1 aromatic heterocycles. The molecule has 0 radical (unpaired) electrons. The van der Waals surface area contributed by atoms with Gasteiger partial charge >= 0.3 is 0 Å². The first-order chi connectivity index (χ1) is 12.4. The smallest absolute Gasteiger partial charge is 0.191 e. The maximum Gasteiger partial charge on any atom is 0.191 e. The molecule has 0 atom stereocenters. The number of aromatic nitrogens is 1. The number of hydrogen-bond acceptors (Lipinski definition) is 3. The van der Waals surface area contributed by atoms with E-state index >= 15 is 0 Å². The van der Waals surface area contributed by atoms with Crippen molar-refractivity contribution in [2.24, 2.45) is 4.99 Å². The first-order valence-electron chi connectivity index (χ1n) is 9.44. The second kappa shape index (κ2) is 11.3. The maximum atomic E-state index is 4.73. The van der Waals surface area contributed by atoms with Crippen molar-refractivity contribution in [2.45, 2.75) is 32.7 Å². The molecule has 1 fully saturated rings. The lowest BCUT2D eigenvalue weighted by molar-refractivity contribution is 0.232. The fourth-order valence-electron chi connectivity index (χ4n) is 3.32. The minimum absolute atomic E-state index is 0. The molecule has 1 aliphatic heterocycles. The van der Waals surface area contributed by atoms with Gasteiger partial charge in [0.05, 0.1) is 12.2 Å². The third-order valence-corrected chi connectivity index (χ3v) is 4.66. The van der Waals surface area contributed by atoms with E-state index < -0.39 is 0 Å². The van der Waals surface area contributed by atoms with Crippen molar-refractivity contribution in [3.8, 4) is 0 Å². The van der Waals surface area contributed by atoms with Crippen molar-refractivity contribution in [3.63, 3.8) is 0 Å². The van der Waals surface area contributed by atoms with Crippen LogP contribution in [-0.4, -0.2) is 48.6 Å². The summed E-state index contributed by atoms with van der Waals surface area (Å²) in [6, 6.07) is 10.4. The molecule has 26 heavy (non-hydrogen) atoms. The van der Waals surface area contributed by atoms with Crippen LogP contribution in [0.3, 0.4) is 0 Å². The highest BCUT2D eigenvalue weighted by Crippen LogP contribution is 2.16. The summed E-state index contributed by atoms with van der Waals surface area (Å²) >= 11 is 0. The van der Waals surface area contributed by atoms with Crippen LogP contribution in [0.1, 0.15) is 31.9 Å². The van der Waals surface area contributed by atoms with Crippen LogP contribution in [0.4, 0.5) is 0 Å². The summed E-state index contributed by atoms with van der Waals surface area (Å²) in [6.07, 6.45) is 5.91. The molecule has 0 bridgehead atoms. The fraction of sp³-hybridized carbons (Fsp3) is 0.500. The predicted molar refractivity (Wildman–Crippen MR) is 120 cm³/mol. The van der Waals surface area contributed by atoms with E-state index in [1.54, 1.807) is 0 Å². The van der Waals surface area contributed by atoms with Crippen LogP contribution in [0.15, 0.2) is 41.5 Å². The Kier molecular flexibility index (Phi) is 9.11. The zero-order chi connectivity index (χ0) is 17.3. The molecule has 2 heterocycles. The number of hydrogen-bond donors (Lipinski definition) is 2. The van der Waals surface area contributed by atoms with Crippen LogP contribution in [0, 0.1) is 0 Å². The summed E-state index contributed by atoms with van der Waals surface area (Å²) in [5.74, 6) is 0.870. The standard InChI is InChI=1S/C20H29N5.HI/c1-2-21-20(23-12-15-25-13-6-3-7-14-25)24-16-19-18-9-5-4-8-17(18)10-11-22-19;/h4-5,8-11H,2-3,6-7,12-16H2,1H3,(H2,21,23,24);1H. The number of likely N-dealkylation sites (tertiary alicyclic amines) is 1. The normalized spacial score (nSPS) is 15.5. The summed E-state index contributed by atoms with van der Waals surface area (Å²) in [6.45, 7) is 8.01. The number of nitrogens with zero attached hydrogens (tertiary/aromatic N) is 3. The van der Waals surface area contributed by atoms with Crippen molar-refractivity contribution in [3.05, 3.63) is 42.2 Å². The Morgan fingerprint density at radius 1 is 1.12 bits per heavy atom. The molecule has 0 saturated carbocycles. The van der Waals surface area contributed by atoms with Crippen LogP contribution in [0.5, 0.6) is 0 Å². The minimum Gasteiger partial charge on any atom is -0.357 e. The molecule has 1 aliphatic rings. The number of aliphatic imine (C=N–C) groups is 1. The number of pyridine rings is 1. The van der Waals surface area contributed by atoms with Gasteiger partial charge < -0.3 is 15.5 Å². The summed E-state index contributed by atoms with van der Waals surface area (Å²) < 4.78 is 0. The maximum absolute atomic E-state index is 4.73. The zero-order valence-corrected chi connectivity index (χ0v) is 17.9. The van der Waals surface area contributed by atoms with E-state index in [1.807, 2.05) is 12.3 Å². The second-order valence-electron chi connectivity index (χ2n) is 6.50. The van der Waals surface area contributed by atoms with E-state index in [0.29, 0.717) is 6.54 Å². The SMILES string of the molecule is CCNC(=NCc1nccc2ccccc12)NCCN1CCCCC1.I. The number of nitrogens with one attached hydrogen (secondary N) is 2. The van der Waals surface area contributed by atoms with Crippen molar-refractivity contribution in [2.75, 3.05) is 32.7 Å². The average Bonchev–Trinajstić information content (AvgIpc) is 2.67. The first kappa shape index (κ1) is 20.9. The van der Waals surface area contributed by atoms with Crippen LogP contribution in [0.2, 0.25) is 0 Å². The lowest BCUT2D eigenvalue weighted by Gasteiger charge is -2.26. The molecule has 0 amide bonds. The van der Waals surface area contributed by atoms with Crippen LogP contribution in [0.25, 0.3) is 10.8 Å². The summed E-state index contributed by atoms with van der Waals surface area (Å²) in [7, 11) is 0. The number of piperidine rings is 1. The Labute approximate surface area is 173 Å². The van der Waals surface area contributed by atoms with E-state index in [1.165, 1.54) is 43.1 Å². The quantitative estimate of drug-likeness (QED) is 0.389. The predicted octanol–water partition coefficient (Wildman–Crippen LogP) is 3.39. The van der Waals surface area contributed by atoms with E-state index in [0.717, 1.165) is 31.3 Å². The lowest BCUT2D eigenvalue weighted by atomic mass is 10.1. The Balaban J connectivity index is 0.00000243. The van der Waals surface area contributed by atoms with E-state index in [2.05, 4.69) is 51.7 Å². The van der Waals surface area contributed by atoms with E-state index in [-0.39, 0.29) is 24.0 Å².